The van der Waals surface area contributed by atoms with Gasteiger partial charge in [0.25, 0.3) is 0 Å². The highest BCUT2D eigenvalue weighted by atomic mass is 16.5. The van der Waals surface area contributed by atoms with Crippen molar-refractivity contribution >= 4 is 10.8 Å². The van der Waals surface area contributed by atoms with Crippen molar-refractivity contribution in [2.24, 2.45) is 0 Å². The number of fused-ring (bicyclic) bond motifs is 1. The third-order valence-electron chi connectivity index (χ3n) is 4.05. The molecule has 1 heterocycles. The number of nitrogens with one attached hydrogen (secondary N) is 1. The van der Waals surface area contributed by atoms with Crippen LogP contribution in [0.25, 0.3) is 10.8 Å². The highest BCUT2D eigenvalue weighted by molar-refractivity contribution is 5.87. The molecule has 2 aromatic carbocycles. The number of hydrogen-bond acceptors (Lipinski definition) is 3. The summed E-state index contributed by atoms with van der Waals surface area (Å²) in [4.78, 5) is 0. The van der Waals surface area contributed by atoms with Gasteiger partial charge in [0.2, 0.25) is 0 Å². The van der Waals surface area contributed by atoms with Crippen molar-refractivity contribution in [2.75, 3.05) is 19.8 Å². The topological polar surface area (TPSA) is 30.5 Å². The van der Waals surface area contributed by atoms with Gasteiger partial charge in [-0.25, -0.2) is 0 Å². The average Bonchev–Trinajstić information content (AvgIpc) is 3.07. The summed E-state index contributed by atoms with van der Waals surface area (Å²) in [6, 6.07) is 12.6. The van der Waals surface area contributed by atoms with Gasteiger partial charge >= 0.3 is 0 Å². The SMILES string of the molecule is C=CCOc1ccc2ccccc2c1CNC[C@H]1CCCO1. The molecule has 0 bridgehead atoms. The molecule has 22 heavy (non-hydrogen) atoms. The normalized spacial score (nSPS) is 17.7. The van der Waals surface area contributed by atoms with Crippen molar-refractivity contribution in [1.29, 1.82) is 0 Å². The summed E-state index contributed by atoms with van der Waals surface area (Å²) < 4.78 is 11.5. The van der Waals surface area contributed by atoms with Gasteiger partial charge in [-0.1, -0.05) is 43.0 Å². The van der Waals surface area contributed by atoms with E-state index in [1.807, 2.05) is 0 Å². The molecule has 1 aliphatic rings. The quantitative estimate of drug-likeness (QED) is 0.791. The van der Waals surface area contributed by atoms with E-state index < -0.39 is 0 Å². The molecule has 1 fully saturated rings. The van der Waals surface area contributed by atoms with Gasteiger partial charge in [-0.2, -0.15) is 0 Å². The van der Waals surface area contributed by atoms with E-state index in [0.717, 1.165) is 31.9 Å². The Morgan fingerprint density at radius 1 is 1.27 bits per heavy atom. The average molecular weight is 297 g/mol. The minimum atomic E-state index is 0.354. The maximum atomic E-state index is 5.83. The van der Waals surface area contributed by atoms with Gasteiger partial charge in [-0.3, -0.25) is 0 Å². The minimum Gasteiger partial charge on any atom is -0.489 e. The second-order valence-corrected chi connectivity index (χ2v) is 5.63. The van der Waals surface area contributed by atoms with Crippen LogP contribution in [0.2, 0.25) is 0 Å². The molecule has 0 aliphatic carbocycles. The molecule has 3 heteroatoms. The van der Waals surface area contributed by atoms with E-state index in [0.29, 0.717) is 12.7 Å². The molecule has 0 saturated carbocycles. The second kappa shape index (κ2) is 7.43. The third kappa shape index (κ3) is 3.49. The minimum absolute atomic E-state index is 0.354. The van der Waals surface area contributed by atoms with E-state index in [-0.39, 0.29) is 0 Å². The molecule has 1 atom stereocenters. The fourth-order valence-corrected chi connectivity index (χ4v) is 2.95. The summed E-state index contributed by atoms with van der Waals surface area (Å²) >= 11 is 0. The Morgan fingerprint density at radius 3 is 3.00 bits per heavy atom. The van der Waals surface area contributed by atoms with Crippen molar-refractivity contribution in [3.8, 4) is 5.75 Å². The van der Waals surface area contributed by atoms with Gasteiger partial charge in [0.15, 0.2) is 0 Å². The summed E-state index contributed by atoms with van der Waals surface area (Å²) in [5, 5.41) is 6.00. The zero-order chi connectivity index (χ0) is 15.2. The van der Waals surface area contributed by atoms with Gasteiger partial charge < -0.3 is 14.8 Å². The fourth-order valence-electron chi connectivity index (χ4n) is 2.95. The smallest absolute Gasteiger partial charge is 0.124 e. The molecular weight excluding hydrogens is 274 g/mol. The Bertz CT molecular complexity index is 632. The largest absolute Gasteiger partial charge is 0.489 e. The Balaban J connectivity index is 1.78. The standard InChI is InChI=1S/C19H23NO2/c1-2-11-22-19-10-9-15-6-3-4-8-17(15)18(19)14-20-13-16-7-5-12-21-16/h2-4,6,8-10,16,20H,1,5,7,11-14H2/t16-/m1/s1. The van der Waals surface area contributed by atoms with E-state index in [4.69, 9.17) is 9.47 Å². The lowest BCUT2D eigenvalue weighted by Gasteiger charge is -2.16. The predicted molar refractivity (Wildman–Crippen MR) is 90.3 cm³/mol. The first-order valence-electron chi connectivity index (χ1n) is 7.95. The first-order valence-corrected chi connectivity index (χ1v) is 7.95. The van der Waals surface area contributed by atoms with Crippen LogP contribution < -0.4 is 10.1 Å². The lowest BCUT2D eigenvalue weighted by molar-refractivity contribution is 0.110. The molecule has 116 valence electrons. The molecule has 0 aromatic heterocycles. The number of benzene rings is 2. The van der Waals surface area contributed by atoms with Gasteiger partial charge in [0.1, 0.15) is 12.4 Å². The molecule has 0 amide bonds. The van der Waals surface area contributed by atoms with Crippen molar-refractivity contribution in [3.05, 3.63) is 54.6 Å². The van der Waals surface area contributed by atoms with Gasteiger partial charge in [-0.15, -0.1) is 0 Å². The van der Waals surface area contributed by atoms with E-state index in [1.165, 1.54) is 22.8 Å². The summed E-state index contributed by atoms with van der Waals surface area (Å²) in [6.07, 6.45) is 4.46. The first-order chi connectivity index (χ1) is 10.9. The fraction of sp³-hybridized carbons (Fsp3) is 0.368. The third-order valence-corrected chi connectivity index (χ3v) is 4.05. The zero-order valence-electron chi connectivity index (χ0n) is 12.9. The van der Waals surface area contributed by atoms with E-state index >= 15 is 0 Å². The van der Waals surface area contributed by atoms with Crippen LogP contribution in [-0.4, -0.2) is 25.9 Å². The number of rotatable bonds is 7. The molecule has 1 N–H and O–H groups in total. The van der Waals surface area contributed by atoms with Crippen LogP contribution in [0.15, 0.2) is 49.1 Å². The molecular formula is C19H23NO2. The monoisotopic (exact) mass is 297 g/mol. The number of ether oxygens (including phenoxy) is 2. The highest BCUT2D eigenvalue weighted by Crippen LogP contribution is 2.28. The molecule has 1 aliphatic heterocycles. The van der Waals surface area contributed by atoms with Crippen molar-refractivity contribution in [3.63, 3.8) is 0 Å². The van der Waals surface area contributed by atoms with Crippen LogP contribution in [0.5, 0.6) is 5.75 Å². The van der Waals surface area contributed by atoms with Gasteiger partial charge in [0.05, 0.1) is 6.10 Å². The molecule has 3 nitrogen and oxygen atoms in total. The van der Waals surface area contributed by atoms with Crippen LogP contribution >= 0.6 is 0 Å². The van der Waals surface area contributed by atoms with Crippen molar-refractivity contribution in [1.82, 2.24) is 5.32 Å². The molecule has 3 rings (SSSR count). The van der Waals surface area contributed by atoms with E-state index in [9.17, 15) is 0 Å². The molecule has 1 saturated heterocycles. The highest BCUT2D eigenvalue weighted by Gasteiger charge is 2.15. The summed E-state index contributed by atoms with van der Waals surface area (Å²) in [5.41, 5.74) is 1.21. The van der Waals surface area contributed by atoms with Gasteiger partial charge in [-0.05, 0) is 29.7 Å². The maximum Gasteiger partial charge on any atom is 0.124 e. The van der Waals surface area contributed by atoms with Crippen LogP contribution in [0, 0.1) is 0 Å². The number of hydrogen-bond donors (Lipinski definition) is 1. The Labute approximate surface area is 131 Å². The van der Waals surface area contributed by atoms with Crippen molar-refractivity contribution < 1.29 is 9.47 Å². The summed E-state index contributed by atoms with van der Waals surface area (Å²) in [6.45, 7) is 6.83. The molecule has 2 aromatic rings. The first kappa shape index (κ1) is 15.1. The van der Waals surface area contributed by atoms with Crippen LogP contribution in [-0.2, 0) is 11.3 Å². The maximum absolute atomic E-state index is 5.83. The lowest BCUT2D eigenvalue weighted by atomic mass is 10.0. The van der Waals surface area contributed by atoms with Crippen LogP contribution in [0.1, 0.15) is 18.4 Å². The van der Waals surface area contributed by atoms with Crippen molar-refractivity contribution in [2.45, 2.75) is 25.5 Å². The zero-order valence-corrected chi connectivity index (χ0v) is 12.9. The predicted octanol–water partition coefficient (Wildman–Crippen LogP) is 3.67. The van der Waals surface area contributed by atoms with E-state index in [2.05, 4.69) is 48.3 Å². The second-order valence-electron chi connectivity index (χ2n) is 5.63. The summed E-state index contributed by atoms with van der Waals surface area (Å²) in [7, 11) is 0. The Kier molecular flexibility index (Phi) is 5.09. The lowest BCUT2D eigenvalue weighted by Crippen LogP contribution is -2.26. The van der Waals surface area contributed by atoms with E-state index in [1.54, 1.807) is 6.08 Å². The van der Waals surface area contributed by atoms with Gasteiger partial charge in [0, 0.05) is 25.3 Å². The Morgan fingerprint density at radius 2 is 2.18 bits per heavy atom. The van der Waals surface area contributed by atoms with Crippen LogP contribution in [0.4, 0.5) is 0 Å². The Hall–Kier alpha value is -1.84. The summed E-state index contributed by atoms with van der Waals surface area (Å²) in [5.74, 6) is 0.929. The molecule has 0 spiro atoms. The molecule has 0 unspecified atom stereocenters. The molecule has 0 radical (unpaired) electrons. The van der Waals surface area contributed by atoms with Crippen LogP contribution in [0.3, 0.4) is 0 Å².